The SMILES string of the molecule is O=C(Nc1cccc(Cl)c1)c1cccc(C(=O)N2CCCC2)n1. The van der Waals surface area contributed by atoms with E-state index in [9.17, 15) is 9.59 Å². The third-order valence-corrected chi connectivity index (χ3v) is 3.91. The molecule has 0 atom stereocenters. The highest BCUT2D eigenvalue weighted by Crippen LogP contribution is 2.16. The molecule has 1 aliphatic heterocycles. The number of carbonyl (C=O) groups excluding carboxylic acids is 2. The molecule has 0 radical (unpaired) electrons. The number of hydrogen-bond donors (Lipinski definition) is 1. The van der Waals surface area contributed by atoms with Crippen molar-refractivity contribution in [2.75, 3.05) is 18.4 Å². The van der Waals surface area contributed by atoms with Gasteiger partial charge in [-0.1, -0.05) is 23.7 Å². The van der Waals surface area contributed by atoms with Gasteiger partial charge in [-0.2, -0.15) is 0 Å². The minimum Gasteiger partial charge on any atom is -0.337 e. The summed E-state index contributed by atoms with van der Waals surface area (Å²) in [5, 5.41) is 3.26. The van der Waals surface area contributed by atoms with Crippen molar-refractivity contribution in [3.05, 3.63) is 58.9 Å². The molecule has 6 heteroatoms. The predicted molar refractivity (Wildman–Crippen MR) is 88.8 cm³/mol. The number of rotatable bonds is 3. The fourth-order valence-electron chi connectivity index (χ4n) is 2.52. The Balaban J connectivity index is 1.76. The van der Waals surface area contributed by atoms with Gasteiger partial charge in [0.15, 0.2) is 0 Å². The Bertz CT molecular complexity index is 742. The number of amides is 2. The third-order valence-electron chi connectivity index (χ3n) is 3.68. The number of benzene rings is 1. The first-order valence-electron chi connectivity index (χ1n) is 7.47. The van der Waals surface area contributed by atoms with Crippen LogP contribution in [-0.4, -0.2) is 34.8 Å². The van der Waals surface area contributed by atoms with Crippen LogP contribution in [0.3, 0.4) is 0 Å². The van der Waals surface area contributed by atoms with Crippen molar-refractivity contribution in [2.24, 2.45) is 0 Å². The predicted octanol–water partition coefficient (Wildman–Crippen LogP) is 3.22. The second-order valence-electron chi connectivity index (χ2n) is 5.37. The van der Waals surface area contributed by atoms with Crippen LogP contribution < -0.4 is 5.32 Å². The summed E-state index contributed by atoms with van der Waals surface area (Å²) in [4.78, 5) is 30.6. The largest absolute Gasteiger partial charge is 0.337 e. The van der Waals surface area contributed by atoms with Crippen molar-refractivity contribution in [1.82, 2.24) is 9.88 Å². The van der Waals surface area contributed by atoms with Crippen LogP contribution in [0.15, 0.2) is 42.5 Å². The monoisotopic (exact) mass is 329 g/mol. The van der Waals surface area contributed by atoms with Gasteiger partial charge in [0.05, 0.1) is 0 Å². The molecule has 2 amide bonds. The van der Waals surface area contributed by atoms with Crippen LogP contribution in [0.2, 0.25) is 5.02 Å². The number of likely N-dealkylation sites (tertiary alicyclic amines) is 1. The Morgan fingerprint density at radius 1 is 1.04 bits per heavy atom. The van der Waals surface area contributed by atoms with Crippen LogP contribution in [0.1, 0.15) is 33.8 Å². The van der Waals surface area contributed by atoms with Gasteiger partial charge in [0.25, 0.3) is 11.8 Å². The molecule has 1 aliphatic rings. The molecule has 0 spiro atoms. The van der Waals surface area contributed by atoms with Gasteiger partial charge in [0.2, 0.25) is 0 Å². The summed E-state index contributed by atoms with van der Waals surface area (Å²) in [5.74, 6) is -0.497. The summed E-state index contributed by atoms with van der Waals surface area (Å²) in [6, 6.07) is 11.8. The van der Waals surface area contributed by atoms with Crippen molar-refractivity contribution in [2.45, 2.75) is 12.8 Å². The minimum absolute atomic E-state index is 0.125. The van der Waals surface area contributed by atoms with E-state index >= 15 is 0 Å². The average molecular weight is 330 g/mol. The summed E-state index contributed by atoms with van der Waals surface area (Å²) < 4.78 is 0. The highest BCUT2D eigenvalue weighted by molar-refractivity contribution is 6.30. The first kappa shape index (κ1) is 15.5. The Kier molecular flexibility index (Phi) is 4.57. The number of hydrogen-bond acceptors (Lipinski definition) is 3. The molecule has 23 heavy (non-hydrogen) atoms. The van der Waals surface area contributed by atoms with Crippen molar-refractivity contribution < 1.29 is 9.59 Å². The van der Waals surface area contributed by atoms with E-state index in [-0.39, 0.29) is 17.5 Å². The molecule has 0 saturated carbocycles. The van der Waals surface area contributed by atoms with E-state index in [2.05, 4.69) is 10.3 Å². The Morgan fingerprint density at radius 3 is 2.48 bits per heavy atom. The van der Waals surface area contributed by atoms with Crippen LogP contribution in [0.4, 0.5) is 5.69 Å². The maximum absolute atomic E-state index is 12.3. The molecular formula is C17H16ClN3O2. The summed E-state index contributed by atoms with van der Waals surface area (Å²) in [6.07, 6.45) is 2.03. The number of carbonyl (C=O) groups is 2. The van der Waals surface area contributed by atoms with E-state index in [1.165, 1.54) is 0 Å². The van der Waals surface area contributed by atoms with Crippen LogP contribution in [0, 0.1) is 0 Å². The Morgan fingerprint density at radius 2 is 1.74 bits per heavy atom. The van der Waals surface area contributed by atoms with Gasteiger partial charge >= 0.3 is 0 Å². The number of nitrogens with one attached hydrogen (secondary N) is 1. The van der Waals surface area contributed by atoms with Crippen LogP contribution >= 0.6 is 11.6 Å². The van der Waals surface area contributed by atoms with Crippen molar-refractivity contribution in [3.63, 3.8) is 0 Å². The fourth-order valence-corrected chi connectivity index (χ4v) is 2.71. The minimum atomic E-state index is -0.372. The fraction of sp³-hybridized carbons (Fsp3) is 0.235. The number of anilines is 1. The molecule has 2 aromatic rings. The summed E-state index contributed by atoms with van der Waals surface area (Å²) in [7, 11) is 0. The lowest BCUT2D eigenvalue weighted by atomic mass is 10.2. The maximum Gasteiger partial charge on any atom is 0.274 e. The number of pyridine rings is 1. The zero-order valence-electron chi connectivity index (χ0n) is 12.5. The molecule has 0 aliphatic carbocycles. The van der Waals surface area contributed by atoms with E-state index < -0.39 is 0 Å². The Labute approximate surface area is 139 Å². The number of halogens is 1. The molecule has 1 aromatic carbocycles. The first-order valence-corrected chi connectivity index (χ1v) is 7.84. The molecule has 0 bridgehead atoms. The first-order chi connectivity index (χ1) is 11.1. The highest BCUT2D eigenvalue weighted by Gasteiger charge is 2.21. The molecule has 0 unspecified atom stereocenters. The van der Waals surface area contributed by atoms with Gasteiger partial charge in [-0.15, -0.1) is 0 Å². The van der Waals surface area contributed by atoms with Gasteiger partial charge in [0.1, 0.15) is 11.4 Å². The maximum atomic E-state index is 12.3. The lowest BCUT2D eigenvalue weighted by molar-refractivity contribution is 0.0787. The second-order valence-corrected chi connectivity index (χ2v) is 5.81. The van der Waals surface area contributed by atoms with Gasteiger partial charge in [-0.05, 0) is 43.2 Å². The van der Waals surface area contributed by atoms with Crippen LogP contribution in [0.25, 0.3) is 0 Å². The standard InChI is InChI=1S/C17H16ClN3O2/c18-12-5-3-6-13(11-12)19-16(22)14-7-4-8-15(20-14)17(23)21-9-1-2-10-21/h3-8,11H,1-2,9-10H2,(H,19,22). The third kappa shape index (κ3) is 3.68. The van der Waals surface area contributed by atoms with Crippen molar-refractivity contribution in [1.29, 1.82) is 0 Å². The molecule has 3 rings (SSSR count). The summed E-state index contributed by atoms with van der Waals surface area (Å²) >= 11 is 5.90. The second kappa shape index (κ2) is 6.79. The van der Waals surface area contributed by atoms with E-state index in [4.69, 9.17) is 11.6 Å². The quantitative estimate of drug-likeness (QED) is 0.940. The molecule has 2 heterocycles. The average Bonchev–Trinajstić information content (AvgIpc) is 3.09. The smallest absolute Gasteiger partial charge is 0.274 e. The van der Waals surface area contributed by atoms with E-state index in [1.807, 2.05) is 0 Å². The molecule has 1 aromatic heterocycles. The molecule has 1 fully saturated rings. The normalized spacial score (nSPS) is 13.9. The molecule has 1 saturated heterocycles. The Hall–Kier alpha value is -2.40. The lowest BCUT2D eigenvalue weighted by Gasteiger charge is -2.14. The van der Waals surface area contributed by atoms with Crippen molar-refractivity contribution >= 4 is 29.1 Å². The van der Waals surface area contributed by atoms with Crippen molar-refractivity contribution in [3.8, 4) is 0 Å². The highest BCUT2D eigenvalue weighted by atomic mass is 35.5. The lowest BCUT2D eigenvalue weighted by Crippen LogP contribution is -2.29. The molecule has 5 nitrogen and oxygen atoms in total. The van der Waals surface area contributed by atoms with Gasteiger partial charge in [-0.25, -0.2) is 4.98 Å². The summed E-state index contributed by atoms with van der Waals surface area (Å²) in [5.41, 5.74) is 1.08. The topological polar surface area (TPSA) is 62.3 Å². The van der Waals surface area contributed by atoms with E-state index in [0.717, 1.165) is 25.9 Å². The van der Waals surface area contributed by atoms with Gasteiger partial charge in [-0.3, -0.25) is 9.59 Å². The van der Waals surface area contributed by atoms with Gasteiger partial charge < -0.3 is 10.2 Å². The van der Waals surface area contributed by atoms with Gasteiger partial charge in [0, 0.05) is 23.8 Å². The molecule has 1 N–H and O–H groups in total. The molecule has 118 valence electrons. The number of aromatic nitrogens is 1. The van der Waals surface area contributed by atoms with E-state index in [0.29, 0.717) is 16.4 Å². The molecular weight excluding hydrogens is 314 g/mol. The zero-order chi connectivity index (χ0) is 16.2. The van der Waals surface area contributed by atoms with E-state index in [1.54, 1.807) is 47.4 Å². The number of nitrogens with zero attached hydrogens (tertiary/aromatic N) is 2. The van der Waals surface area contributed by atoms with Crippen LogP contribution in [-0.2, 0) is 0 Å². The van der Waals surface area contributed by atoms with Crippen LogP contribution in [0.5, 0.6) is 0 Å². The zero-order valence-corrected chi connectivity index (χ0v) is 13.2. The summed E-state index contributed by atoms with van der Waals surface area (Å²) in [6.45, 7) is 1.50.